The van der Waals surface area contributed by atoms with Gasteiger partial charge in [0.05, 0.1) is 7.11 Å². The summed E-state index contributed by atoms with van der Waals surface area (Å²) in [4.78, 5) is 0. The van der Waals surface area contributed by atoms with E-state index in [0.717, 1.165) is 40.1 Å². The summed E-state index contributed by atoms with van der Waals surface area (Å²) in [6.07, 6.45) is 0.809. The van der Waals surface area contributed by atoms with Crippen molar-refractivity contribution in [1.29, 1.82) is 0 Å². The molecule has 0 unspecified atom stereocenters. The third-order valence-electron chi connectivity index (χ3n) is 4.03. The SMILES string of the molecule is CNCCc1ccc(O)c2ccc3ccc(OC)c(O)c3c12. The zero-order valence-electron chi connectivity index (χ0n) is 12.7. The number of nitrogens with one attached hydrogen (secondary N) is 1. The van der Waals surface area contributed by atoms with Crippen LogP contribution in [-0.2, 0) is 6.42 Å². The molecule has 0 atom stereocenters. The monoisotopic (exact) mass is 297 g/mol. The van der Waals surface area contributed by atoms with Crippen molar-refractivity contribution in [3.05, 3.63) is 42.0 Å². The van der Waals surface area contributed by atoms with Gasteiger partial charge in [-0.15, -0.1) is 0 Å². The Kier molecular flexibility index (Phi) is 3.77. The summed E-state index contributed by atoms with van der Waals surface area (Å²) in [5.41, 5.74) is 1.08. The Morgan fingerprint density at radius 3 is 2.50 bits per heavy atom. The Balaban J connectivity index is 2.44. The highest BCUT2D eigenvalue weighted by Gasteiger charge is 2.14. The number of likely N-dealkylation sites (N-methyl/N-ethyl adjacent to an activating group) is 1. The smallest absolute Gasteiger partial charge is 0.166 e. The summed E-state index contributed by atoms with van der Waals surface area (Å²) in [5, 5.41) is 27.1. The molecule has 4 nitrogen and oxygen atoms in total. The van der Waals surface area contributed by atoms with Gasteiger partial charge in [0.15, 0.2) is 11.5 Å². The van der Waals surface area contributed by atoms with Crippen LogP contribution in [0, 0.1) is 0 Å². The molecule has 0 amide bonds. The van der Waals surface area contributed by atoms with Crippen LogP contribution >= 0.6 is 0 Å². The minimum absolute atomic E-state index is 0.113. The number of hydrogen-bond acceptors (Lipinski definition) is 4. The van der Waals surface area contributed by atoms with Crippen LogP contribution in [0.1, 0.15) is 5.56 Å². The van der Waals surface area contributed by atoms with Crippen molar-refractivity contribution in [1.82, 2.24) is 5.32 Å². The maximum Gasteiger partial charge on any atom is 0.166 e. The van der Waals surface area contributed by atoms with Crippen LogP contribution in [0.5, 0.6) is 17.2 Å². The predicted octanol–water partition coefficient (Wildman–Crippen LogP) is 3.17. The highest BCUT2D eigenvalue weighted by molar-refractivity contribution is 6.14. The molecular weight excluding hydrogens is 278 g/mol. The zero-order valence-corrected chi connectivity index (χ0v) is 12.7. The standard InChI is InChI=1S/C18H19NO3/c1-19-10-9-12-4-7-14(20)13-6-3-11-5-8-15(22-2)18(21)17(11)16(12)13/h3-8,19-21H,9-10H2,1-2H3. The molecule has 0 aliphatic heterocycles. The zero-order chi connectivity index (χ0) is 15.7. The van der Waals surface area contributed by atoms with E-state index in [9.17, 15) is 10.2 Å². The highest BCUT2D eigenvalue weighted by Crippen LogP contribution is 2.42. The Hall–Kier alpha value is -2.46. The van der Waals surface area contributed by atoms with Gasteiger partial charge in [-0.2, -0.15) is 0 Å². The van der Waals surface area contributed by atoms with Gasteiger partial charge in [0.1, 0.15) is 5.75 Å². The molecule has 0 aliphatic carbocycles. The van der Waals surface area contributed by atoms with Crippen LogP contribution < -0.4 is 10.1 Å². The van der Waals surface area contributed by atoms with Crippen molar-refractivity contribution in [3.8, 4) is 17.2 Å². The molecule has 0 saturated carbocycles. The van der Waals surface area contributed by atoms with E-state index >= 15 is 0 Å². The lowest BCUT2D eigenvalue weighted by molar-refractivity contribution is 0.376. The lowest BCUT2D eigenvalue weighted by Crippen LogP contribution is -2.10. The van der Waals surface area contributed by atoms with Gasteiger partial charge in [-0.1, -0.05) is 24.3 Å². The van der Waals surface area contributed by atoms with Gasteiger partial charge in [-0.25, -0.2) is 0 Å². The molecular formula is C18H19NO3. The summed E-state index contributed by atoms with van der Waals surface area (Å²) < 4.78 is 5.23. The van der Waals surface area contributed by atoms with Crippen LogP contribution in [0.15, 0.2) is 36.4 Å². The molecule has 22 heavy (non-hydrogen) atoms. The highest BCUT2D eigenvalue weighted by atomic mass is 16.5. The quantitative estimate of drug-likeness (QED) is 0.647. The first kappa shape index (κ1) is 14.5. The van der Waals surface area contributed by atoms with Crippen LogP contribution in [0.25, 0.3) is 21.5 Å². The van der Waals surface area contributed by atoms with E-state index in [4.69, 9.17) is 4.74 Å². The van der Waals surface area contributed by atoms with Gasteiger partial charge in [-0.3, -0.25) is 0 Å². The van der Waals surface area contributed by atoms with Gasteiger partial charge in [-0.05, 0) is 43.1 Å². The van der Waals surface area contributed by atoms with Crippen LogP contribution in [0.4, 0.5) is 0 Å². The Morgan fingerprint density at radius 2 is 1.77 bits per heavy atom. The number of benzene rings is 3. The average molecular weight is 297 g/mol. The number of hydrogen-bond donors (Lipinski definition) is 3. The molecule has 0 heterocycles. The molecule has 0 radical (unpaired) electrons. The van der Waals surface area contributed by atoms with Crippen LogP contribution in [-0.4, -0.2) is 30.9 Å². The van der Waals surface area contributed by atoms with Gasteiger partial charge >= 0.3 is 0 Å². The summed E-state index contributed by atoms with van der Waals surface area (Å²) >= 11 is 0. The second kappa shape index (κ2) is 5.73. The minimum atomic E-state index is 0.113. The largest absolute Gasteiger partial charge is 0.507 e. The molecule has 0 spiro atoms. The minimum Gasteiger partial charge on any atom is -0.507 e. The summed E-state index contributed by atoms with van der Waals surface area (Å²) in [6.45, 7) is 0.820. The van der Waals surface area contributed by atoms with Crippen molar-refractivity contribution >= 4 is 21.5 Å². The van der Waals surface area contributed by atoms with Gasteiger partial charge in [0, 0.05) is 16.2 Å². The fourth-order valence-corrected chi connectivity index (χ4v) is 2.91. The Labute approximate surface area is 129 Å². The molecule has 0 bridgehead atoms. The molecule has 0 fully saturated rings. The lowest BCUT2D eigenvalue weighted by atomic mass is 9.94. The number of aromatic hydroxyl groups is 2. The van der Waals surface area contributed by atoms with Gasteiger partial charge in [0.2, 0.25) is 0 Å². The molecule has 4 heteroatoms. The maximum atomic E-state index is 10.6. The van der Waals surface area contributed by atoms with Crippen molar-refractivity contribution < 1.29 is 14.9 Å². The van der Waals surface area contributed by atoms with E-state index in [1.165, 1.54) is 7.11 Å². The van der Waals surface area contributed by atoms with E-state index in [1.807, 2.05) is 31.3 Å². The second-order valence-corrected chi connectivity index (χ2v) is 5.30. The second-order valence-electron chi connectivity index (χ2n) is 5.30. The summed E-state index contributed by atoms with van der Waals surface area (Å²) in [6, 6.07) is 11.1. The van der Waals surface area contributed by atoms with E-state index in [-0.39, 0.29) is 11.5 Å². The topological polar surface area (TPSA) is 61.7 Å². The van der Waals surface area contributed by atoms with E-state index in [1.54, 1.807) is 12.1 Å². The molecule has 0 aromatic heterocycles. The van der Waals surface area contributed by atoms with Crippen LogP contribution in [0.3, 0.4) is 0 Å². The first-order valence-corrected chi connectivity index (χ1v) is 7.25. The Bertz CT molecular complexity index is 843. The summed E-state index contributed by atoms with van der Waals surface area (Å²) in [5.74, 6) is 0.761. The average Bonchev–Trinajstić information content (AvgIpc) is 2.54. The maximum absolute atomic E-state index is 10.6. The molecule has 3 rings (SSSR count). The van der Waals surface area contributed by atoms with E-state index < -0.39 is 0 Å². The Morgan fingerprint density at radius 1 is 1.00 bits per heavy atom. The molecule has 3 aromatic carbocycles. The molecule has 3 N–H and O–H groups in total. The number of methoxy groups -OCH3 is 1. The number of phenolic OH excluding ortho intramolecular Hbond substituents is 2. The molecule has 0 aliphatic rings. The first-order chi connectivity index (χ1) is 10.7. The number of phenols is 2. The van der Waals surface area contributed by atoms with E-state index in [2.05, 4.69) is 5.32 Å². The third-order valence-corrected chi connectivity index (χ3v) is 4.03. The normalized spacial score (nSPS) is 11.2. The van der Waals surface area contributed by atoms with Gasteiger partial charge in [0.25, 0.3) is 0 Å². The fourth-order valence-electron chi connectivity index (χ4n) is 2.91. The van der Waals surface area contributed by atoms with Crippen molar-refractivity contribution in [3.63, 3.8) is 0 Å². The first-order valence-electron chi connectivity index (χ1n) is 7.25. The number of ether oxygens (including phenoxy) is 1. The molecule has 114 valence electrons. The van der Waals surface area contributed by atoms with Crippen molar-refractivity contribution in [2.24, 2.45) is 0 Å². The predicted molar refractivity (Wildman–Crippen MR) is 89.0 cm³/mol. The van der Waals surface area contributed by atoms with Crippen molar-refractivity contribution in [2.75, 3.05) is 20.7 Å². The third kappa shape index (κ3) is 2.22. The molecule has 3 aromatic rings. The summed E-state index contributed by atoms with van der Waals surface area (Å²) in [7, 11) is 3.44. The van der Waals surface area contributed by atoms with Gasteiger partial charge < -0.3 is 20.3 Å². The molecule has 0 saturated heterocycles. The number of rotatable bonds is 4. The number of fused-ring (bicyclic) bond motifs is 3. The lowest BCUT2D eigenvalue weighted by Gasteiger charge is -2.14. The van der Waals surface area contributed by atoms with Crippen molar-refractivity contribution in [2.45, 2.75) is 6.42 Å². The fraction of sp³-hybridized carbons (Fsp3) is 0.222. The van der Waals surface area contributed by atoms with E-state index in [0.29, 0.717) is 5.75 Å². The van der Waals surface area contributed by atoms with Crippen LogP contribution in [0.2, 0.25) is 0 Å².